The van der Waals surface area contributed by atoms with Crippen molar-refractivity contribution >= 4 is 0 Å². The number of aromatic nitrogens is 1. The second-order valence-electron chi connectivity index (χ2n) is 2.32. The highest BCUT2D eigenvalue weighted by atomic mass is 16.5. The van der Waals surface area contributed by atoms with Crippen LogP contribution in [0.4, 0.5) is 0 Å². The number of ether oxygens (including phenoxy) is 1. The Morgan fingerprint density at radius 2 is 2.45 bits per heavy atom. The van der Waals surface area contributed by atoms with Gasteiger partial charge >= 0.3 is 0 Å². The van der Waals surface area contributed by atoms with E-state index in [1.807, 2.05) is 18.2 Å². The normalized spacial score (nSPS) is 12.9. The number of pyridine rings is 1. The monoisotopic (exact) mass is 152 g/mol. The zero-order valence-electron chi connectivity index (χ0n) is 6.53. The second kappa shape index (κ2) is 4.05. The molecule has 0 saturated carbocycles. The standard InChI is InChI=1S/C8H12N2O/c1-11-6-7(9)8-4-2-3-5-10-8/h2-5,7H,6,9H2,1H3. The molecule has 11 heavy (non-hydrogen) atoms. The van der Waals surface area contributed by atoms with Gasteiger partial charge in [0.15, 0.2) is 0 Å². The fraction of sp³-hybridized carbons (Fsp3) is 0.375. The maximum atomic E-state index is 5.72. The van der Waals surface area contributed by atoms with E-state index in [1.165, 1.54) is 0 Å². The van der Waals surface area contributed by atoms with Crippen LogP contribution in [0.5, 0.6) is 0 Å². The molecule has 1 heterocycles. The Morgan fingerprint density at radius 3 is 3.00 bits per heavy atom. The molecule has 0 fully saturated rings. The minimum absolute atomic E-state index is 0.110. The third-order valence-electron chi connectivity index (χ3n) is 1.41. The molecule has 0 bridgehead atoms. The number of methoxy groups -OCH3 is 1. The lowest BCUT2D eigenvalue weighted by atomic mass is 10.2. The Morgan fingerprint density at radius 1 is 1.64 bits per heavy atom. The summed E-state index contributed by atoms with van der Waals surface area (Å²) in [6.45, 7) is 0.511. The summed E-state index contributed by atoms with van der Waals surface area (Å²) in [5.41, 5.74) is 6.59. The molecule has 0 aromatic carbocycles. The van der Waals surface area contributed by atoms with E-state index < -0.39 is 0 Å². The van der Waals surface area contributed by atoms with Crippen molar-refractivity contribution in [2.75, 3.05) is 13.7 Å². The van der Waals surface area contributed by atoms with Crippen molar-refractivity contribution < 1.29 is 4.74 Å². The first kappa shape index (κ1) is 8.17. The minimum atomic E-state index is -0.110. The van der Waals surface area contributed by atoms with Crippen LogP contribution in [-0.2, 0) is 4.74 Å². The van der Waals surface area contributed by atoms with Gasteiger partial charge in [-0.2, -0.15) is 0 Å². The number of hydrogen-bond donors (Lipinski definition) is 1. The van der Waals surface area contributed by atoms with Crippen molar-refractivity contribution in [3.05, 3.63) is 30.1 Å². The van der Waals surface area contributed by atoms with E-state index in [-0.39, 0.29) is 6.04 Å². The summed E-state index contributed by atoms with van der Waals surface area (Å²) in [5.74, 6) is 0. The lowest BCUT2D eigenvalue weighted by Crippen LogP contribution is -2.17. The van der Waals surface area contributed by atoms with Crippen molar-refractivity contribution in [2.45, 2.75) is 6.04 Å². The van der Waals surface area contributed by atoms with Gasteiger partial charge < -0.3 is 10.5 Å². The highest BCUT2D eigenvalue weighted by Crippen LogP contribution is 2.04. The van der Waals surface area contributed by atoms with Gasteiger partial charge in [0.1, 0.15) is 0 Å². The Labute approximate surface area is 66.2 Å². The highest BCUT2D eigenvalue weighted by Gasteiger charge is 2.04. The summed E-state index contributed by atoms with van der Waals surface area (Å²) in [6.07, 6.45) is 1.73. The minimum Gasteiger partial charge on any atom is -0.383 e. The van der Waals surface area contributed by atoms with Crippen molar-refractivity contribution in [3.63, 3.8) is 0 Å². The van der Waals surface area contributed by atoms with Crippen molar-refractivity contribution in [1.82, 2.24) is 4.98 Å². The smallest absolute Gasteiger partial charge is 0.0707 e. The molecule has 0 aliphatic carbocycles. The van der Waals surface area contributed by atoms with Crippen LogP contribution in [0.3, 0.4) is 0 Å². The van der Waals surface area contributed by atoms with Gasteiger partial charge in [-0.3, -0.25) is 4.98 Å². The quantitative estimate of drug-likeness (QED) is 0.694. The van der Waals surface area contributed by atoms with Crippen LogP contribution in [-0.4, -0.2) is 18.7 Å². The summed E-state index contributed by atoms with van der Waals surface area (Å²) < 4.78 is 4.89. The first-order valence-electron chi connectivity index (χ1n) is 3.50. The molecular formula is C8H12N2O. The van der Waals surface area contributed by atoms with Gasteiger partial charge in [-0.15, -0.1) is 0 Å². The number of rotatable bonds is 3. The van der Waals surface area contributed by atoms with Crippen LogP contribution in [0.2, 0.25) is 0 Å². The van der Waals surface area contributed by atoms with E-state index in [2.05, 4.69) is 4.98 Å². The van der Waals surface area contributed by atoms with Gasteiger partial charge in [0.25, 0.3) is 0 Å². The predicted octanol–water partition coefficient (Wildman–Crippen LogP) is 0.728. The van der Waals surface area contributed by atoms with Gasteiger partial charge in [0, 0.05) is 13.3 Å². The van der Waals surface area contributed by atoms with Gasteiger partial charge in [-0.25, -0.2) is 0 Å². The molecule has 1 unspecified atom stereocenters. The maximum absolute atomic E-state index is 5.72. The molecule has 3 heteroatoms. The molecule has 0 radical (unpaired) electrons. The maximum Gasteiger partial charge on any atom is 0.0707 e. The fourth-order valence-electron chi connectivity index (χ4n) is 0.860. The van der Waals surface area contributed by atoms with Gasteiger partial charge in [0.2, 0.25) is 0 Å². The van der Waals surface area contributed by atoms with Crippen LogP contribution < -0.4 is 5.73 Å². The van der Waals surface area contributed by atoms with E-state index in [4.69, 9.17) is 10.5 Å². The molecule has 1 aromatic rings. The Bertz CT molecular complexity index is 201. The molecule has 0 amide bonds. The van der Waals surface area contributed by atoms with E-state index in [9.17, 15) is 0 Å². The summed E-state index contributed by atoms with van der Waals surface area (Å²) in [5, 5.41) is 0. The Hall–Kier alpha value is -0.930. The number of nitrogens with zero attached hydrogens (tertiary/aromatic N) is 1. The first-order chi connectivity index (χ1) is 5.34. The van der Waals surface area contributed by atoms with Crippen LogP contribution in [0.15, 0.2) is 24.4 Å². The molecule has 1 atom stereocenters. The summed E-state index contributed by atoms with van der Waals surface area (Å²) in [4.78, 5) is 4.09. The van der Waals surface area contributed by atoms with Gasteiger partial charge in [-0.05, 0) is 12.1 Å². The highest BCUT2D eigenvalue weighted by molar-refractivity contribution is 5.07. The number of nitrogens with two attached hydrogens (primary N) is 1. The second-order valence-corrected chi connectivity index (χ2v) is 2.32. The fourth-order valence-corrected chi connectivity index (χ4v) is 0.860. The zero-order chi connectivity index (χ0) is 8.10. The molecule has 1 rings (SSSR count). The van der Waals surface area contributed by atoms with E-state index in [0.29, 0.717) is 6.61 Å². The largest absolute Gasteiger partial charge is 0.383 e. The summed E-state index contributed by atoms with van der Waals surface area (Å²) in [6, 6.07) is 5.56. The van der Waals surface area contributed by atoms with Gasteiger partial charge in [-0.1, -0.05) is 6.07 Å². The van der Waals surface area contributed by atoms with Crippen LogP contribution in [0.25, 0.3) is 0 Å². The summed E-state index contributed by atoms with van der Waals surface area (Å²) >= 11 is 0. The molecule has 2 N–H and O–H groups in total. The molecular weight excluding hydrogens is 140 g/mol. The molecule has 0 saturated heterocycles. The SMILES string of the molecule is COCC(N)c1ccccn1. The third kappa shape index (κ3) is 2.29. The molecule has 3 nitrogen and oxygen atoms in total. The summed E-state index contributed by atoms with van der Waals surface area (Å²) in [7, 11) is 1.63. The topological polar surface area (TPSA) is 48.1 Å². The van der Waals surface area contributed by atoms with Crippen molar-refractivity contribution in [3.8, 4) is 0 Å². The van der Waals surface area contributed by atoms with Crippen molar-refractivity contribution in [1.29, 1.82) is 0 Å². The Balaban J connectivity index is 2.61. The van der Waals surface area contributed by atoms with Crippen LogP contribution in [0.1, 0.15) is 11.7 Å². The van der Waals surface area contributed by atoms with E-state index in [0.717, 1.165) is 5.69 Å². The van der Waals surface area contributed by atoms with E-state index in [1.54, 1.807) is 13.3 Å². The lowest BCUT2D eigenvalue weighted by Gasteiger charge is -2.08. The predicted molar refractivity (Wildman–Crippen MR) is 43.0 cm³/mol. The van der Waals surface area contributed by atoms with Crippen LogP contribution in [0, 0.1) is 0 Å². The number of hydrogen-bond acceptors (Lipinski definition) is 3. The molecule has 60 valence electrons. The first-order valence-corrected chi connectivity index (χ1v) is 3.50. The average Bonchev–Trinajstić information content (AvgIpc) is 2.07. The molecule has 0 aliphatic heterocycles. The van der Waals surface area contributed by atoms with Crippen molar-refractivity contribution in [2.24, 2.45) is 5.73 Å². The molecule has 0 aliphatic rings. The molecule has 1 aromatic heterocycles. The lowest BCUT2D eigenvalue weighted by molar-refractivity contribution is 0.179. The van der Waals surface area contributed by atoms with Crippen LogP contribution >= 0.6 is 0 Å². The average molecular weight is 152 g/mol. The zero-order valence-corrected chi connectivity index (χ0v) is 6.53. The third-order valence-corrected chi connectivity index (χ3v) is 1.41. The van der Waals surface area contributed by atoms with Gasteiger partial charge in [0.05, 0.1) is 18.3 Å². The van der Waals surface area contributed by atoms with E-state index >= 15 is 0 Å². The molecule has 0 spiro atoms. The Kier molecular flexibility index (Phi) is 3.01.